The molecule has 1 saturated heterocycles. The number of hydrogen-bond acceptors (Lipinski definition) is 6. The average molecular weight is 456 g/mol. The lowest BCUT2D eigenvalue weighted by atomic mass is 10.1. The first-order valence-corrected chi connectivity index (χ1v) is 11.7. The van der Waals surface area contributed by atoms with E-state index in [0.717, 1.165) is 41.0 Å². The van der Waals surface area contributed by atoms with Crippen molar-refractivity contribution in [1.29, 1.82) is 0 Å². The Bertz CT molecular complexity index is 1340. The van der Waals surface area contributed by atoms with Crippen LogP contribution >= 0.6 is 0 Å². The first-order valence-electron chi connectivity index (χ1n) is 11.7. The van der Waals surface area contributed by atoms with Crippen LogP contribution in [-0.4, -0.2) is 59.6 Å². The van der Waals surface area contributed by atoms with Gasteiger partial charge < -0.3 is 19.9 Å². The third-order valence-electron chi connectivity index (χ3n) is 6.46. The average Bonchev–Trinajstić information content (AvgIpc) is 2.87. The van der Waals surface area contributed by atoms with Crippen molar-refractivity contribution in [3.8, 4) is 5.75 Å². The van der Waals surface area contributed by atoms with Gasteiger partial charge in [0.2, 0.25) is 0 Å². The van der Waals surface area contributed by atoms with Gasteiger partial charge in [-0.3, -0.25) is 4.79 Å². The Balaban J connectivity index is 1.30. The summed E-state index contributed by atoms with van der Waals surface area (Å²) in [6.07, 6.45) is 1.26. The second-order valence-electron chi connectivity index (χ2n) is 8.71. The summed E-state index contributed by atoms with van der Waals surface area (Å²) in [6.45, 7) is 5.99. The zero-order chi connectivity index (χ0) is 23.7. The van der Waals surface area contributed by atoms with Gasteiger partial charge in [0.05, 0.1) is 5.52 Å². The van der Waals surface area contributed by atoms with E-state index in [1.807, 2.05) is 73.6 Å². The van der Waals surface area contributed by atoms with Crippen molar-refractivity contribution >= 4 is 39.2 Å². The van der Waals surface area contributed by atoms with Gasteiger partial charge in [0, 0.05) is 49.7 Å². The van der Waals surface area contributed by atoms with Crippen LogP contribution in [0.3, 0.4) is 0 Å². The number of nitrogens with one attached hydrogen (secondary N) is 1. The Hall–Kier alpha value is -3.87. The van der Waals surface area contributed by atoms with Gasteiger partial charge in [-0.15, -0.1) is 0 Å². The van der Waals surface area contributed by atoms with Gasteiger partial charge >= 0.3 is 0 Å². The van der Waals surface area contributed by atoms with Gasteiger partial charge in [0.15, 0.2) is 6.10 Å². The molecule has 0 aliphatic carbocycles. The molecule has 34 heavy (non-hydrogen) atoms. The Morgan fingerprint density at radius 1 is 1.06 bits per heavy atom. The summed E-state index contributed by atoms with van der Waals surface area (Å²) in [5.41, 5.74) is 0.827. The molecule has 0 unspecified atom stereocenters. The Morgan fingerprint density at radius 2 is 1.91 bits per heavy atom. The molecule has 4 aromatic rings. The quantitative estimate of drug-likeness (QED) is 0.483. The molecule has 1 amide bonds. The van der Waals surface area contributed by atoms with Crippen LogP contribution in [0.25, 0.3) is 21.7 Å². The minimum Gasteiger partial charge on any atom is -0.480 e. The van der Waals surface area contributed by atoms with Crippen LogP contribution in [0.15, 0.2) is 66.9 Å². The molecule has 1 N–H and O–H groups in total. The minimum atomic E-state index is -0.598. The van der Waals surface area contributed by atoms with Gasteiger partial charge in [0.25, 0.3) is 5.91 Å². The number of hydrogen-bond donors (Lipinski definition) is 1. The molecule has 5 rings (SSSR count). The highest BCUT2D eigenvalue weighted by Gasteiger charge is 2.32. The van der Waals surface area contributed by atoms with E-state index >= 15 is 0 Å². The number of nitrogens with zero attached hydrogens (tertiary/aromatic N) is 4. The minimum absolute atomic E-state index is 0.00478. The number of rotatable bonds is 5. The predicted molar refractivity (Wildman–Crippen MR) is 137 cm³/mol. The molecule has 7 heteroatoms. The van der Waals surface area contributed by atoms with Gasteiger partial charge in [-0.05, 0) is 49.6 Å². The normalized spacial score (nSPS) is 17.1. The molecule has 3 heterocycles. The molecule has 1 aliphatic rings. The summed E-state index contributed by atoms with van der Waals surface area (Å²) in [5.74, 6) is 2.43. The smallest absolute Gasteiger partial charge is 0.263 e. The van der Waals surface area contributed by atoms with Crippen molar-refractivity contribution in [2.45, 2.75) is 26.0 Å². The molecule has 7 nitrogen and oxygen atoms in total. The highest BCUT2D eigenvalue weighted by atomic mass is 16.5. The fraction of sp³-hybridized carbons (Fsp3) is 0.296. The van der Waals surface area contributed by atoms with E-state index in [0.29, 0.717) is 12.3 Å². The molecule has 2 aromatic heterocycles. The molecule has 0 radical (unpaired) electrons. The zero-order valence-electron chi connectivity index (χ0n) is 19.7. The van der Waals surface area contributed by atoms with Crippen molar-refractivity contribution in [3.63, 3.8) is 0 Å². The highest BCUT2D eigenvalue weighted by Crippen LogP contribution is 2.28. The largest absolute Gasteiger partial charge is 0.480 e. The lowest BCUT2D eigenvalue weighted by Crippen LogP contribution is -2.56. The van der Waals surface area contributed by atoms with Crippen molar-refractivity contribution in [2.24, 2.45) is 0 Å². The van der Waals surface area contributed by atoms with Gasteiger partial charge in [-0.25, -0.2) is 9.97 Å². The summed E-state index contributed by atoms with van der Waals surface area (Å²) in [4.78, 5) is 26.8. The van der Waals surface area contributed by atoms with Gasteiger partial charge in [-0.1, -0.05) is 30.3 Å². The first-order chi connectivity index (χ1) is 16.5. The van der Waals surface area contributed by atoms with Crippen LogP contribution in [-0.2, 0) is 4.79 Å². The lowest BCUT2D eigenvalue weighted by Gasteiger charge is -2.41. The fourth-order valence-corrected chi connectivity index (χ4v) is 4.68. The number of carbonyl (C=O) groups excluding carboxylic acids is 1. The van der Waals surface area contributed by atoms with E-state index in [4.69, 9.17) is 4.74 Å². The number of carbonyl (C=O) groups is 1. The molecule has 0 saturated carbocycles. The first kappa shape index (κ1) is 21.9. The van der Waals surface area contributed by atoms with E-state index in [9.17, 15) is 4.79 Å². The van der Waals surface area contributed by atoms with Crippen molar-refractivity contribution in [1.82, 2.24) is 14.9 Å². The second-order valence-corrected chi connectivity index (χ2v) is 8.71. The Kier molecular flexibility index (Phi) is 5.92. The molecule has 1 fully saturated rings. The molecule has 174 valence electrons. The third-order valence-corrected chi connectivity index (χ3v) is 6.46. The topological polar surface area (TPSA) is 70.6 Å². The van der Waals surface area contributed by atoms with Gasteiger partial charge in [0.1, 0.15) is 17.4 Å². The predicted octanol–water partition coefficient (Wildman–Crippen LogP) is 4.33. The van der Waals surface area contributed by atoms with Crippen LogP contribution in [0.5, 0.6) is 5.75 Å². The number of piperazine rings is 1. The van der Waals surface area contributed by atoms with E-state index in [1.165, 1.54) is 5.39 Å². The Morgan fingerprint density at radius 3 is 2.74 bits per heavy atom. The SMILES string of the molecule is CNc1ccc2c(O[C@@H](C)C(=O)N3CCN(c4nccc5ccccc45)C[C@H]3C)cccc2n1. The number of benzene rings is 2. The maximum absolute atomic E-state index is 13.3. The Labute approximate surface area is 199 Å². The summed E-state index contributed by atoms with van der Waals surface area (Å²) in [5, 5.41) is 6.25. The summed E-state index contributed by atoms with van der Waals surface area (Å²) >= 11 is 0. The standard InChI is InChI=1S/C27H29N5O2/c1-18-17-31(26-21-8-5-4-7-20(21)13-14-29-26)15-16-32(18)27(33)19(2)34-24-10-6-9-23-22(24)11-12-25(28-3)30-23/h4-14,18-19H,15-17H2,1-3H3,(H,28,30)/t18-,19+/m1/s1. The van der Waals surface area contributed by atoms with E-state index in [1.54, 1.807) is 0 Å². The number of ether oxygens (including phenoxy) is 1. The molecule has 0 bridgehead atoms. The van der Waals surface area contributed by atoms with Crippen molar-refractivity contribution in [2.75, 3.05) is 36.9 Å². The highest BCUT2D eigenvalue weighted by molar-refractivity contribution is 5.92. The number of amides is 1. The van der Waals surface area contributed by atoms with Crippen molar-refractivity contribution < 1.29 is 9.53 Å². The number of anilines is 2. The van der Waals surface area contributed by atoms with Crippen LogP contribution in [0.1, 0.15) is 13.8 Å². The van der Waals surface area contributed by atoms with Crippen LogP contribution < -0.4 is 15.0 Å². The molecule has 2 aromatic carbocycles. The summed E-state index contributed by atoms with van der Waals surface area (Å²) in [7, 11) is 1.84. The monoisotopic (exact) mass is 455 g/mol. The number of pyridine rings is 2. The lowest BCUT2D eigenvalue weighted by molar-refractivity contribution is -0.140. The molecular weight excluding hydrogens is 426 g/mol. The van der Waals surface area contributed by atoms with Crippen LogP contribution in [0.2, 0.25) is 0 Å². The fourth-order valence-electron chi connectivity index (χ4n) is 4.68. The third kappa shape index (κ3) is 4.09. The van der Waals surface area contributed by atoms with E-state index in [-0.39, 0.29) is 11.9 Å². The summed E-state index contributed by atoms with van der Waals surface area (Å²) in [6, 6.07) is 20.0. The van der Waals surface area contributed by atoms with Crippen molar-refractivity contribution in [3.05, 3.63) is 66.9 Å². The summed E-state index contributed by atoms with van der Waals surface area (Å²) < 4.78 is 6.16. The number of fused-ring (bicyclic) bond motifs is 2. The van der Waals surface area contributed by atoms with E-state index in [2.05, 4.69) is 39.2 Å². The zero-order valence-corrected chi connectivity index (χ0v) is 19.7. The molecule has 1 aliphatic heterocycles. The van der Waals surface area contributed by atoms with Crippen LogP contribution in [0, 0.1) is 0 Å². The molecular formula is C27H29N5O2. The molecule has 2 atom stereocenters. The maximum atomic E-state index is 13.3. The second kappa shape index (κ2) is 9.17. The van der Waals surface area contributed by atoms with Crippen LogP contribution in [0.4, 0.5) is 11.6 Å². The van der Waals surface area contributed by atoms with Gasteiger partial charge in [-0.2, -0.15) is 0 Å². The van der Waals surface area contributed by atoms with E-state index < -0.39 is 6.10 Å². The molecule has 0 spiro atoms. The number of aromatic nitrogens is 2. The maximum Gasteiger partial charge on any atom is 0.263 e.